The molecule has 0 spiro atoms. The summed E-state index contributed by atoms with van der Waals surface area (Å²) in [5, 5.41) is 13.2. The van der Waals surface area contributed by atoms with Gasteiger partial charge in [-0.2, -0.15) is 0 Å². The summed E-state index contributed by atoms with van der Waals surface area (Å²) in [5.74, 6) is 1.60. The molecule has 8 heteroatoms. The molecule has 0 aliphatic heterocycles. The molecule has 0 bridgehead atoms. The van der Waals surface area contributed by atoms with Crippen LogP contribution in [-0.4, -0.2) is 24.2 Å². The van der Waals surface area contributed by atoms with Crippen molar-refractivity contribution in [3.63, 3.8) is 0 Å². The zero-order valence-corrected chi connectivity index (χ0v) is 34.3. The van der Waals surface area contributed by atoms with Crippen LogP contribution in [-0.2, 0) is 0 Å². The summed E-state index contributed by atoms with van der Waals surface area (Å²) in [5.41, 5.74) is 5.35. The van der Waals surface area contributed by atoms with Gasteiger partial charge in [0.25, 0.3) is 0 Å². The van der Waals surface area contributed by atoms with Gasteiger partial charge in [0.1, 0.15) is 11.5 Å². The highest BCUT2D eigenvalue weighted by Gasteiger charge is 2.25. The molecule has 0 aliphatic carbocycles. The van der Waals surface area contributed by atoms with Crippen LogP contribution in [0.25, 0.3) is 125 Å². The van der Waals surface area contributed by atoms with Gasteiger partial charge in [-0.25, -0.2) is 9.97 Å². The predicted octanol–water partition coefficient (Wildman–Crippen LogP) is 15.6. The number of thiophene rings is 4. The van der Waals surface area contributed by atoms with E-state index in [1.54, 1.807) is 14.2 Å². The van der Waals surface area contributed by atoms with Crippen molar-refractivity contribution >= 4 is 148 Å². The van der Waals surface area contributed by atoms with Crippen LogP contribution < -0.4 is 9.47 Å². The number of hydrogen-bond acceptors (Lipinski definition) is 8. The monoisotopic (exact) mass is 816 g/mol. The second-order valence-electron chi connectivity index (χ2n) is 14.7. The standard InChI is InChI=1S/C50H28N2O2S4/c1-53-27-15-11-25(12-16-27)47-48(26-13-17-28(54-2)18-14-26)52-34-24-32-31(23-33(34)51-47)49-45(43-39(57-49)21-19-37-41(43)29-7-3-5-9-35(29)55-37)46-44-40(58-50(32)46)22-20-38-42(44)30-8-4-6-10-36(30)56-38/h3-24H,1-2H3. The Labute approximate surface area is 346 Å². The van der Waals surface area contributed by atoms with Crippen LogP contribution in [0.5, 0.6) is 11.5 Å². The van der Waals surface area contributed by atoms with E-state index in [1.807, 2.05) is 69.6 Å². The Kier molecular flexibility index (Phi) is 6.90. The Hall–Kier alpha value is -6.16. The molecular weight excluding hydrogens is 789 g/mol. The molecule has 4 nitrogen and oxygen atoms in total. The van der Waals surface area contributed by atoms with Gasteiger partial charge in [-0.05, 0) is 97.1 Å². The highest BCUT2D eigenvalue weighted by molar-refractivity contribution is 7.31. The molecule has 0 atom stereocenters. The summed E-state index contributed by atoms with van der Waals surface area (Å²) in [6.07, 6.45) is 0. The Morgan fingerprint density at radius 2 is 0.759 bits per heavy atom. The molecule has 274 valence electrons. The van der Waals surface area contributed by atoms with Crippen molar-refractivity contribution in [1.29, 1.82) is 0 Å². The van der Waals surface area contributed by atoms with Gasteiger partial charge in [0, 0.05) is 103 Å². The van der Waals surface area contributed by atoms with Gasteiger partial charge in [-0.1, -0.05) is 36.4 Å². The fraction of sp³-hybridized carbons (Fsp3) is 0.0400. The van der Waals surface area contributed by atoms with E-state index in [0.717, 1.165) is 45.0 Å². The Morgan fingerprint density at radius 3 is 1.17 bits per heavy atom. The molecule has 5 aromatic heterocycles. The van der Waals surface area contributed by atoms with Crippen molar-refractivity contribution in [3.05, 3.63) is 133 Å². The number of nitrogens with zero attached hydrogens (tertiary/aromatic N) is 2. The molecule has 0 saturated heterocycles. The van der Waals surface area contributed by atoms with E-state index in [0.29, 0.717) is 0 Å². The van der Waals surface area contributed by atoms with E-state index in [4.69, 9.17) is 19.4 Å². The third kappa shape index (κ3) is 4.54. The number of hydrogen-bond donors (Lipinski definition) is 0. The average molecular weight is 817 g/mol. The smallest absolute Gasteiger partial charge is 0.118 e. The lowest BCUT2D eigenvalue weighted by atomic mass is 9.96. The Bertz CT molecular complexity index is 3620. The third-order valence-electron chi connectivity index (χ3n) is 11.7. The maximum Gasteiger partial charge on any atom is 0.118 e. The molecule has 0 aliphatic rings. The lowest BCUT2D eigenvalue weighted by Gasteiger charge is -2.13. The van der Waals surface area contributed by atoms with Crippen molar-refractivity contribution in [2.24, 2.45) is 0 Å². The van der Waals surface area contributed by atoms with Crippen LogP contribution in [0.15, 0.2) is 133 Å². The van der Waals surface area contributed by atoms with Gasteiger partial charge >= 0.3 is 0 Å². The minimum absolute atomic E-state index is 0.800. The fourth-order valence-corrected chi connectivity index (χ4v) is 13.8. The van der Waals surface area contributed by atoms with E-state index in [2.05, 4.69) is 109 Å². The molecule has 0 fully saturated rings. The molecule has 13 aromatic rings. The van der Waals surface area contributed by atoms with Gasteiger partial charge in [0.05, 0.1) is 36.6 Å². The van der Waals surface area contributed by atoms with Crippen molar-refractivity contribution in [2.75, 3.05) is 14.2 Å². The molecule has 0 amide bonds. The van der Waals surface area contributed by atoms with Gasteiger partial charge in [-0.3, -0.25) is 0 Å². The van der Waals surface area contributed by atoms with Crippen molar-refractivity contribution in [2.45, 2.75) is 0 Å². The van der Waals surface area contributed by atoms with Gasteiger partial charge in [0.15, 0.2) is 0 Å². The van der Waals surface area contributed by atoms with E-state index in [9.17, 15) is 0 Å². The number of rotatable bonds is 4. The van der Waals surface area contributed by atoms with Gasteiger partial charge < -0.3 is 9.47 Å². The maximum absolute atomic E-state index is 5.53. The fourth-order valence-electron chi connectivity index (χ4n) is 9.05. The van der Waals surface area contributed by atoms with Crippen LogP contribution in [0.1, 0.15) is 0 Å². The number of benzene rings is 8. The zero-order chi connectivity index (χ0) is 38.2. The summed E-state index contributed by atoms with van der Waals surface area (Å²) in [6, 6.07) is 48.0. The molecule has 8 aromatic carbocycles. The van der Waals surface area contributed by atoms with Crippen molar-refractivity contribution in [3.8, 4) is 34.0 Å². The first-order chi connectivity index (χ1) is 28.6. The average Bonchev–Trinajstić information content (AvgIpc) is 4.05. The number of aromatic nitrogens is 2. The molecule has 0 radical (unpaired) electrons. The second-order valence-corrected chi connectivity index (χ2v) is 19.0. The quantitative estimate of drug-likeness (QED) is 0.166. The maximum atomic E-state index is 5.53. The zero-order valence-electron chi connectivity index (χ0n) is 31.0. The summed E-state index contributed by atoms with van der Waals surface area (Å²) in [4.78, 5) is 11.0. The first kappa shape index (κ1) is 32.9. The lowest BCUT2D eigenvalue weighted by molar-refractivity contribution is 0.414. The molecule has 5 heterocycles. The number of fused-ring (bicyclic) bond motifs is 19. The van der Waals surface area contributed by atoms with Crippen molar-refractivity contribution < 1.29 is 9.47 Å². The molecule has 0 unspecified atom stereocenters. The summed E-state index contributed by atoms with van der Waals surface area (Å²) in [6.45, 7) is 0. The molecule has 0 saturated carbocycles. The first-order valence-electron chi connectivity index (χ1n) is 19.0. The largest absolute Gasteiger partial charge is 0.497 e. The van der Waals surface area contributed by atoms with E-state index in [1.165, 1.54) is 91.5 Å². The van der Waals surface area contributed by atoms with E-state index >= 15 is 0 Å². The third-order valence-corrected chi connectivity index (χ3v) is 16.3. The Balaban J connectivity index is 1.23. The van der Waals surface area contributed by atoms with Crippen LogP contribution in [0.2, 0.25) is 0 Å². The summed E-state index contributed by atoms with van der Waals surface area (Å²) >= 11 is 7.60. The Morgan fingerprint density at radius 1 is 0.362 bits per heavy atom. The van der Waals surface area contributed by atoms with Gasteiger partial charge in [0.2, 0.25) is 0 Å². The minimum atomic E-state index is 0.800. The normalized spacial score (nSPS) is 12.3. The molecule has 13 rings (SSSR count). The lowest BCUT2D eigenvalue weighted by Crippen LogP contribution is -1.96. The second kappa shape index (κ2) is 12.2. The van der Waals surface area contributed by atoms with Crippen molar-refractivity contribution in [1.82, 2.24) is 9.97 Å². The van der Waals surface area contributed by atoms with Crippen LogP contribution in [0.4, 0.5) is 0 Å². The van der Waals surface area contributed by atoms with Crippen LogP contribution >= 0.6 is 45.3 Å². The van der Waals surface area contributed by atoms with Crippen LogP contribution in [0.3, 0.4) is 0 Å². The number of ether oxygens (including phenoxy) is 2. The predicted molar refractivity (Wildman–Crippen MR) is 253 cm³/mol. The summed E-state index contributed by atoms with van der Waals surface area (Å²) < 4.78 is 21.6. The van der Waals surface area contributed by atoms with Gasteiger partial charge in [-0.15, -0.1) is 45.3 Å². The van der Waals surface area contributed by atoms with E-state index in [-0.39, 0.29) is 0 Å². The highest BCUT2D eigenvalue weighted by atomic mass is 32.1. The minimum Gasteiger partial charge on any atom is -0.497 e. The first-order valence-corrected chi connectivity index (χ1v) is 22.3. The topological polar surface area (TPSA) is 44.2 Å². The number of methoxy groups -OCH3 is 2. The van der Waals surface area contributed by atoms with Crippen LogP contribution in [0, 0.1) is 0 Å². The highest BCUT2D eigenvalue weighted by Crippen LogP contribution is 2.55. The molecule has 58 heavy (non-hydrogen) atoms. The summed E-state index contributed by atoms with van der Waals surface area (Å²) in [7, 11) is 3.39. The van der Waals surface area contributed by atoms with E-state index < -0.39 is 0 Å². The molecular formula is C50H28N2O2S4. The SMILES string of the molecule is COc1ccc(-c2nc3cc4c(cc3nc2-c2ccc(OC)cc2)c2sc3ccc5sc6ccccc6c5c3c2c2c4sc3ccc4sc5ccccc5c4c32)cc1. The molecule has 0 N–H and O–H groups in total.